The Hall–Kier alpha value is -3.66. The lowest BCUT2D eigenvalue weighted by Crippen LogP contribution is -2.30. The van der Waals surface area contributed by atoms with E-state index >= 15 is 0 Å². The Morgan fingerprint density at radius 3 is 2.57 bits per heavy atom. The molecule has 8 nitrogen and oxygen atoms in total. The Balaban J connectivity index is 1.37. The number of benzene rings is 3. The molecule has 4 aromatic rings. The molecule has 3 N–H and O–H groups in total. The number of sulfonamides is 1. The van der Waals surface area contributed by atoms with Gasteiger partial charge in [0.05, 0.1) is 12.6 Å². The van der Waals surface area contributed by atoms with E-state index < -0.39 is 15.9 Å². The van der Waals surface area contributed by atoms with Crippen LogP contribution in [0.25, 0.3) is 10.9 Å². The lowest BCUT2D eigenvalue weighted by atomic mass is 10.2. The smallest absolute Gasteiger partial charge is 0.251 e. The van der Waals surface area contributed by atoms with Gasteiger partial charge in [0, 0.05) is 47.5 Å². The van der Waals surface area contributed by atoms with Crippen LogP contribution in [0.3, 0.4) is 0 Å². The van der Waals surface area contributed by atoms with Crippen molar-refractivity contribution in [1.82, 2.24) is 15.0 Å². The van der Waals surface area contributed by atoms with E-state index in [1.807, 2.05) is 42.5 Å². The number of pyridine rings is 1. The third-order valence-electron chi connectivity index (χ3n) is 5.69. The molecule has 0 atom stereocenters. The lowest BCUT2D eigenvalue weighted by molar-refractivity contribution is 0.0955. The zero-order valence-corrected chi connectivity index (χ0v) is 21.8. The molecule has 0 aliphatic rings. The number of amides is 1. The van der Waals surface area contributed by atoms with Crippen LogP contribution in [0.1, 0.15) is 15.9 Å². The minimum Gasteiger partial charge on any atom is -0.495 e. The molecule has 10 heteroatoms. The van der Waals surface area contributed by atoms with Crippen LogP contribution in [0.15, 0.2) is 83.9 Å². The number of methoxy groups -OCH3 is 1. The fourth-order valence-electron chi connectivity index (χ4n) is 3.83. The number of fused-ring (bicyclic) bond motifs is 1. The van der Waals surface area contributed by atoms with Crippen LogP contribution in [-0.2, 0) is 16.4 Å². The van der Waals surface area contributed by atoms with Gasteiger partial charge in [0.15, 0.2) is 0 Å². The van der Waals surface area contributed by atoms with Gasteiger partial charge in [-0.15, -0.1) is 0 Å². The summed E-state index contributed by atoms with van der Waals surface area (Å²) in [7, 11) is -2.51. The molecule has 0 saturated heterocycles. The van der Waals surface area contributed by atoms with Gasteiger partial charge in [0.25, 0.3) is 5.91 Å². The molecule has 0 aliphatic heterocycles. The molecule has 192 valence electrons. The van der Waals surface area contributed by atoms with Gasteiger partial charge in [-0.1, -0.05) is 41.9 Å². The van der Waals surface area contributed by atoms with Gasteiger partial charge in [-0.2, -0.15) is 0 Å². The van der Waals surface area contributed by atoms with E-state index in [1.54, 1.807) is 18.3 Å². The number of carbonyl (C=O) groups is 1. The minimum absolute atomic E-state index is 0.0873. The maximum Gasteiger partial charge on any atom is 0.251 e. The van der Waals surface area contributed by atoms with Gasteiger partial charge in [0.1, 0.15) is 10.6 Å². The molecular formula is C27H27ClN4O4S. The first-order valence-corrected chi connectivity index (χ1v) is 13.5. The number of halogens is 1. The highest BCUT2D eigenvalue weighted by molar-refractivity contribution is 7.89. The summed E-state index contributed by atoms with van der Waals surface area (Å²) in [5.41, 5.74) is 2.87. The maximum absolute atomic E-state index is 13.0. The van der Waals surface area contributed by atoms with E-state index in [9.17, 15) is 13.2 Å². The zero-order valence-electron chi connectivity index (χ0n) is 20.2. The molecule has 0 spiro atoms. The van der Waals surface area contributed by atoms with Crippen molar-refractivity contribution in [2.24, 2.45) is 0 Å². The quantitative estimate of drug-likeness (QED) is 0.246. The zero-order chi connectivity index (χ0) is 26.3. The standard InChI is InChI=1S/C27H27ClN4O4S/c1-36-25-10-7-20(17-26(25)37(34,35)32-14-11-19-5-3-2-4-6-19)27(33)31-16-15-30-23-12-13-29-24-18-21(28)8-9-22(23)24/h2-10,12-13,17-18,32H,11,14-16H2,1H3,(H,29,30)(H,31,33). The third-order valence-corrected chi connectivity index (χ3v) is 7.41. The summed E-state index contributed by atoms with van der Waals surface area (Å²) in [6.07, 6.45) is 2.22. The van der Waals surface area contributed by atoms with Crippen molar-refractivity contribution in [3.8, 4) is 5.75 Å². The first-order chi connectivity index (χ1) is 17.9. The van der Waals surface area contributed by atoms with Crippen molar-refractivity contribution in [3.63, 3.8) is 0 Å². The minimum atomic E-state index is -3.90. The third kappa shape index (κ3) is 6.76. The molecule has 4 rings (SSSR count). The SMILES string of the molecule is COc1ccc(C(=O)NCCNc2ccnc3cc(Cl)ccc23)cc1S(=O)(=O)NCCc1ccccc1. The van der Waals surface area contributed by atoms with E-state index in [0.717, 1.165) is 22.2 Å². The molecular weight excluding hydrogens is 512 g/mol. The van der Waals surface area contributed by atoms with Gasteiger partial charge < -0.3 is 15.4 Å². The molecule has 0 radical (unpaired) electrons. The summed E-state index contributed by atoms with van der Waals surface area (Å²) < 4.78 is 33.8. The second kappa shape index (κ2) is 12.1. The number of nitrogens with zero attached hydrogens (tertiary/aromatic N) is 1. The number of hydrogen-bond donors (Lipinski definition) is 3. The van der Waals surface area contributed by atoms with Crippen LogP contribution >= 0.6 is 11.6 Å². The number of nitrogens with one attached hydrogen (secondary N) is 3. The fraction of sp³-hybridized carbons (Fsp3) is 0.185. The van der Waals surface area contributed by atoms with E-state index in [0.29, 0.717) is 24.5 Å². The highest BCUT2D eigenvalue weighted by atomic mass is 35.5. The van der Waals surface area contributed by atoms with Gasteiger partial charge >= 0.3 is 0 Å². The summed E-state index contributed by atoms with van der Waals surface area (Å²) in [6.45, 7) is 0.989. The molecule has 1 heterocycles. The van der Waals surface area contributed by atoms with Crippen LogP contribution in [0.2, 0.25) is 5.02 Å². The van der Waals surface area contributed by atoms with E-state index in [-0.39, 0.29) is 22.8 Å². The summed E-state index contributed by atoms with van der Waals surface area (Å²) in [5.74, 6) is -0.230. The Bertz CT molecular complexity index is 1500. The average Bonchev–Trinajstić information content (AvgIpc) is 2.91. The molecule has 37 heavy (non-hydrogen) atoms. The molecule has 0 aliphatic carbocycles. The fourth-order valence-corrected chi connectivity index (χ4v) is 5.22. The Labute approximate surface area is 221 Å². The molecule has 0 fully saturated rings. The van der Waals surface area contributed by atoms with Crippen LogP contribution in [0, 0.1) is 0 Å². The van der Waals surface area contributed by atoms with Crippen molar-refractivity contribution in [2.75, 3.05) is 32.1 Å². The van der Waals surface area contributed by atoms with Crippen molar-refractivity contribution in [1.29, 1.82) is 0 Å². The first-order valence-electron chi connectivity index (χ1n) is 11.7. The highest BCUT2D eigenvalue weighted by Crippen LogP contribution is 2.25. The van der Waals surface area contributed by atoms with Gasteiger partial charge in [-0.05, 0) is 54.4 Å². The topological polar surface area (TPSA) is 109 Å². The predicted molar refractivity (Wildman–Crippen MR) is 146 cm³/mol. The predicted octanol–water partition coefficient (Wildman–Crippen LogP) is 4.26. The molecule has 0 saturated carbocycles. The van der Waals surface area contributed by atoms with Crippen LogP contribution in [0.4, 0.5) is 5.69 Å². The normalized spacial score (nSPS) is 11.3. The molecule has 1 aromatic heterocycles. The number of aromatic nitrogens is 1. The van der Waals surface area contributed by atoms with Crippen LogP contribution in [0.5, 0.6) is 5.75 Å². The molecule has 3 aromatic carbocycles. The number of carbonyl (C=O) groups excluding carboxylic acids is 1. The van der Waals surface area contributed by atoms with Crippen molar-refractivity contribution in [3.05, 3.63) is 95.1 Å². The second-order valence-corrected chi connectivity index (χ2v) is 10.4. The monoisotopic (exact) mass is 538 g/mol. The number of rotatable bonds is 11. The Morgan fingerprint density at radius 1 is 0.973 bits per heavy atom. The lowest BCUT2D eigenvalue weighted by Gasteiger charge is -2.13. The number of hydrogen-bond acceptors (Lipinski definition) is 6. The molecule has 0 bridgehead atoms. The van der Waals surface area contributed by atoms with Crippen molar-refractivity contribution in [2.45, 2.75) is 11.3 Å². The van der Waals surface area contributed by atoms with E-state index in [1.165, 1.54) is 25.3 Å². The maximum atomic E-state index is 13.0. The van der Waals surface area contributed by atoms with Gasteiger partial charge in [0.2, 0.25) is 10.0 Å². The summed E-state index contributed by atoms with van der Waals surface area (Å²) >= 11 is 6.04. The Morgan fingerprint density at radius 2 is 1.78 bits per heavy atom. The van der Waals surface area contributed by atoms with Gasteiger partial charge in [-0.25, -0.2) is 13.1 Å². The van der Waals surface area contributed by atoms with E-state index in [2.05, 4.69) is 20.3 Å². The highest BCUT2D eigenvalue weighted by Gasteiger charge is 2.21. The van der Waals surface area contributed by atoms with E-state index in [4.69, 9.17) is 16.3 Å². The Kier molecular flexibility index (Phi) is 8.60. The number of ether oxygens (including phenoxy) is 1. The van der Waals surface area contributed by atoms with Crippen LogP contribution < -0.4 is 20.1 Å². The van der Waals surface area contributed by atoms with Crippen molar-refractivity contribution < 1.29 is 17.9 Å². The number of anilines is 1. The first kappa shape index (κ1) is 26.4. The van der Waals surface area contributed by atoms with Crippen molar-refractivity contribution >= 4 is 44.1 Å². The van der Waals surface area contributed by atoms with Crippen LogP contribution in [-0.4, -0.2) is 46.1 Å². The second-order valence-electron chi connectivity index (χ2n) is 8.20. The molecule has 1 amide bonds. The molecule has 0 unspecified atom stereocenters. The average molecular weight is 539 g/mol. The summed E-state index contributed by atoms with van der Waals surface area (Å²) in [4.78, 5) is 17.0. The van der Waals surface area contributed by atoms with Gasteiger partial charge in [-0.3, -0.25) is 9.78 Å². The summed E-state index contributed by atoms with van der Waals surface area (Å²) in [6, 6.07) is 21.2. The summed E-state index contributed by atoms with van der Waals surface area (Å²) in [5, 5.41) is 7.62. The largest absolute Gasteiger partial charge is 0.495 e.